The highest BCUT2D eigenvalue weighted by atomic mass is 31.2. The number of ether oxygens (including phenoxy) is 3. The Morgan fingerprint density at radius 3 is 1.57 bits per heavy atom. The Morgan fingerprint density at radius 2 is 1.12 bits per heavy atom. The molecule has 0 bridgehead atoms. The second-order valence-electron chi connectivity index (χ2n) is 8.51. The summed E-state index contributed by atoms with van der Waals surface area (Å²) in [6.45, 7) is -1.76. The van der Waals surface area contributed by atoms with Gasteiger partial charge in [0.2, 0.25) is 11.9 Å². The molecule has 3 rings (SSSR count). The fraction of sp³-hybridized carbons (Fsp3) is 0.241. The summed E-state index contributed by atoms with van der Waals surface area (Å²) in [5.74, 6) is -3.88. The quantitative estimate of drug-likeness (QED) is 0.153. The molecule has 1 N–H and O–H groups in total. The molecule has 222 valence electrons. The van der Waals surface area contributed by atoms with Crippen molar-refractivity contribution in [2.24, 2.45) is 0 Å². The molecule has 12 nitrogen and oxygen atoms in total. The third-order valence-electron chi connectivity index (χ3n) is 5.70. The maximum absolute atomic E-state index is 13.4. The van der Waals surface area contributed by atoms with Crippen LogP contribution >= 0.6 is 7.82 Å². The second kappa shape index (κ2) is 15.7. The Labute approximate surface area is 241 Å². The number of carbonyl (C=O) groups is 4. The van der Waals surface area contributed by atoms with Crippen molar-refractivity contribution in [2.75, 3.05) is 27.4 Å². The lowest BCUT2D eigenvalue weighted by Crippen LogP contribution is -2.50. The Morgan fingerprint density at radius 1 is 0.690 bits per heavy atom. The van der Waals surface area contributed by atoms with Crippen molar-refractivity contribution in [2.45, 2.75) is 18.3 Å². The van der Waals surface area contributed by atoms with Gasteiger partial charge in [0.1, 0.15) is 19.3 Å². The predicted molar refractivity (Wildman–Crippen MR) is 147 cm³/mol. The molecule has 0 heterocycles. The number of benzene rings is 3. The first-order valence-corrected chi connectivity index (χ1v) is 13.9. The lowest BCUT2D eigenvalue weighted by molar-refractivity contribution is -0.144. The van der Waals surface area contributed by atoms with E-state index in [1.54, 1.807) is 54.6 Å². The minimum absolute atomic E-state index is 0.0359. The largest absolute Gasteiger partial charge is 0.474 e. The normalized spacial score (nSPS) is 13.3. The molecule has 0 aliphatic carbocycles. The molecule has 0 saturated carbocycles. The molecule has 3 aromatic carbocycles. The molecule has 42 heavy (non-hydrogen) atoms. The minimum Gasteiger partial charge on any atom is -0.459 e. The van der Waals surface area contributed by atoms with Gasteiger partial charge < -0.3 is 19.3 Å². The van der Waals surface area contributed by atoms with Crippen molar-refractivity contribution < 1.29 is 56.6 Å². The van der Waals surface area contributed by atoms with Gasteiger partial charge in [-0.15, -0.1) is 0 Å². The standard InChI is InChI=1S/C29H29O12P/c1-36-42(35,37-2)39-19-24(31)26(41-29(34)22-16-10-5-11-17-22)25(40-28(33)21-14-8-4-9-15-21)23(30)18-38-27(32)20-12-6-3-7-13-20/h3-17,23,25-26,30H,18-19H2,1-2H3. The molecular weight excluding hydrogens is 571 g/mol. The number of esters is 3. The highest BCUT2D eigenvalue weighted by molar-refractivity contribution is 7.48. The third-order valence-corrected chi connectivity index (χ3v) is 7.04. The van der Waals surface area contributed by atoms with E-state index >= 15 is 0 Å². The fourth-order valence-electron chi connectivity index (χ4n) is 3.50. The van der Waals surface area contributed by atoms with Crippen LogP contribution in [0.2, 0.25) is 0 Å². The first kappa shape index (κ1) is 32.3. The first-order valence-electron chi connectivity index (χ1n) is 12.5. The van der Waals surface area contributed by atoms with Crippen molar-refractivity contribution in [1.82, 2.24) is 0 Å². The van der Waals surface area contributed by atoms with Crippen LogP contribution in [0.25, 0.3) is 0 Å². The number of ketones is 1. The van der Waals surface area contributed by atoms with Gasteiger partial charge in [0.15, 0.2) is 6.10 Å². The molecule has 3 unspecified atom stereocenters. The monoisotopic (exact) mass is 600 g/mol. The van der Waals surface area contributed by atoms with Crippen molar-refractivity contribution in [3.63, 3.8) is 0 Å². The Bertz CT molecular complexity index is 1370. The van der Waals surface area contributed by atoms with E-state index in [2.05, 4.69) is 9.05 Å². The van der Waals surface area contributed by atoms with Crippen LogP contribution in [0.3, 0.4) is 0 Å². The molecule has 0 amide bonds. The molecule has 3 atom stereocenters. The van der Waals surface area contributed by atoms with E-state index in [9.17, 15) is 28.8 Å². The number of carbonyl (C=O) groups excluding carboxylic acids is 4. The van der Waals surface area contributed by atoms with Crippen LogP contribution in [0.4, 0.5) is 0 Å². The predicted octanol–water partition coefficient (Wildman–Crippen LogP) is 3.64. The number of Topliss-reactive ketones (excluding diaryl/α,β-unsaturated/α-hetero) is 1. The Balaban J connectivity index is 1.93. The number of rotatable bonds is 15. The number of phosphoric ester groups is 1. The lowest BCUT2D eigenvalue weighted by Gasteiger charge is -2.29. The van der Waals surface area contributed by atoms with E-state index in [-0.39, 0.29) is 16.7 Å². The van der Waals surface area contributed by atoms with Crippen LogP contribution in [0.15, 0.2) is 91.0 Å². The first-order chi connectivity index (χ1) is 20.2. The molecule has 0 saturated heterocycles. The maximum Gasteiger partial charge on any atom is 0.474 e. The zero-order valence-electron chi connectivity index (χ0n) is 22.7. The number of phosphoric acid groups is 1. The van der Waals surface area contributed by atoms with Gasteiger partial charge >= 0.3 is 25.7 Å². The zero-order chi connectivity index (χ0) is 30.5. The Kier molecular flexibility index (Phi) is 12.1. The SMILES string of the molecule is COP(=O)(OC)OCC(=O)C(OC(=O)c1ccccc1)C(OC(=O)c1ccccc1)C(O)COC(=O)c1ccccc1. The van der Waals surface area contributed by atoms with Crippen LogP contribution in [-0.2, 0) is 37.1 Å². The van der Waals surface area contributed by atoms with Gasteiger partial charge in [-0.3, -0.25) is 18.4 Å². The topological polar surface area (TPSA) is 161 Å². The van der Waals surface area contributed by atoms with Crippen LogP contribution in [0.5, 0.6) is 0 Å². The summed E-state index contributed by atoms with van der Waals surface area (Å²) >= 11 is 0. The highest BCUT2D eigenvalue weighted by Crippen LogP contribution is 2.47. The highest BCUT2D eigenvalue weighted by Gasteiger charge is 2.42. The molecule has 0 radical (unpaired) electrons. The van der Waals surface area contributed by atoms with E-state index in [0.717, 1.165) is 14.2 Å². The molecule has 0 spiro atoms. The molecule has 3 aromatic rings. The summed E-state index contributed by atoms with van der Waals surface area (Å²) < 4.78 is 42.8. The average Bonchev–Trinajstić information content (AvgIpc) is 3.04. The number of aliphatic hydroxyl groups is 1. The third kappa shape index (κ3) is 9.16. The summed E-state index contributed by atoms with van der Waals surface area (Å²) in [6, 6.07) is 23.0. The van der Waals surface area contributed by atoms with Crippen LogP contribution in [0.1, 0.15) is 31.1 Å². The van der Waals surface area contributed by atoms with Crippen LogP contribution < -0.4 is 0 Å². The molecule has 0 aromatic heterocycles. The van der Waals surface area contributed by atoms with Crippen molar-refractivity contribution >= 4 is 31.5 Å². The molecule has 0 aliphatic heterocycles. The van der Waals surface area contributed by atoms with E-state index in [0.29, 0.717) is 0 Å². The van der Waals surface area contributed by atoms with E-state index in [1.807, 2.05) is 0 Å². The van der Waals surface area contributed by atoms with E-state index in [4.69, 9.17) is 18.7 Å². The summed E-state index contributed by atoms with van der Waals surface area (Å²) in [6.07, 6.45) is -5.80. The van der Waals surface area contributed by atoms with Gasteiger partial charge in [0, 0.05) is 14.2 Å². The summed E-state index contributed by atoms with van der Waals surface area (Å²) in [5.41, 5.74) is 0.263. The zero-order valence-corrected chi connectivity index (χ0v) is 23.6. The van der Waals surface area contributed by atoms with Gasteiger partial charge in [-0.2, -0.15) is 0 Å². The van der Waals surface area contributed by atoms with Crippen molar-refractivity contribution in [3.05, 3.63) is 108 Å². The Hall–Kier alpha value is -4.19. The summed E-state index contributed by atoms with van der Waals surface area (Å²) in [5, 5.41) is 11.1. The van der Waals surface area contributed by atoms with Crippen LogP contribution in [0, 0.1) is 0 Å². The average molecular weight is 601 g/mol. The van der Waals surface area contributed by atoms with Gasteiger partial charge in [-0.1, -0.05) is 54.6 Å². The van der Waals surface area contributed by atoms with Crippen LogP contribution in [-0.4, -0.2) is 74.5 Å². The van der Waals surface area contributed by atoms with Gasteiger partial charge in [0.25, 0.3) is 0 Å². The van der Waals surface area contributed by atoms with E-state index in [1.165, 1.54) is 36.4 Å². The smallest absolute Gasteiger partial charge is 0.459 e. The molecule has 13 heteroatoms. The van der Waals surface area contributed by atoms with E-state index < -0.39 is 63.0 Å². The number of aliphatic hydroxyl groups excluding tert-OH is 1. The minimum atomic E-state index is -4.16. The van der Waals surface area contributed by atoms with Gasteiger partial charge in [-0.25, -0.2) is 18.9 Å². The van der Waals surface area contributed by atoms with Crippen molar-refractivity contribution in [1.29, 1.82) is 0 Å². The fourth-order valence-corrected chi connectivity index (χ4v) is 4.15. The second-order valence-corrected chi connectivity index (χ2v) is 10.4. The summed E-state index contributed by atoms with van der Waals surface area (Å²) in [4.78, 5) is 51.8. The summed E-state index contributed by atoms with van der Waals surface area (Å²) in [7, 11) is -2.11. The van der Waals surface area contributed by atoms with Gasteiger partial charge in [-0.05, 0) is 36.4 Å². The number of hydrogen-bond acceptors (Lipinski definition) is 12. The van der Waals surface area contributed by atoms with Crippen molar-refractivity contribution in [3.8, 4) is 0 Å². The maximum atomic E-state index is 13.4. The lowest BCUT2D eigenvalue weighted by atomic mass is 10.0. The molecular formula is C29H29O12P. The molecule has 0 fully saturated rings. The number of hydrogen-bond donors (Lipinski definition) is 1. The molecule has 0 aliphatic rings. The van der Waals surface area contributed by atoms with Gasteiger partial charge in [0.05, 0.1) is 16.7 Å².